The van der Waals surface area contributed by atoms with Crippen molar-refractivity contribution < 1.29 is 23.2 Å². The number of anilines is 1. The molecule has 0 bridgehead atoms. The number of carbonyl (C=O) groups excluding carboxylic acids is 1. The normalized spacial score (nSPS) is 11.5. The van der Waals surface area contributed by atoms with Crippen molar-refractivity contribution in [3.05, 3.63) is 70.5 Å². The molecule has 0 aliphatic carbocycles. The van der Waals surface area contributed by atoms with Crippen molar-refractivity contribution in [2.75, 3.05) is 25.1 Å². The van der Waals surface area contributed by atoms with Crippen molar-refractivity contribution in [3.8, 4) is 0 Å². The third-order valence-electron chi connectivity index (χ3n) is 3.47. The fourth-order valence-corrected chi connectivity index (χ4v) is 3.62. The zero-order chi connectivity index (χ0) is 21.1. The van der Waals surface area contributed by atoms with Gasteiger partial charge in [-0.2, -0.15) is 4.98 Å². The zero-order valence-corrected chi connectivity index (χ0v) is 17.2. The highest BCUT2D eigenvalue weighted by atomic mass is 31.2. The van der Waals surface area contributed by atoms with E-state index in [1.54, 1.807) is 50.3 Å². The minimum Gasteiger partial charge on any atom is -0.409 e. The maximum atomic E-state index is 12.3. The minimum absolute atomic E-state index is 0.123. The summed E-state index contributed by atoms with van der Waals surface area (Å²) in [6.45, 7) is 4.15. The molecule has 1 N–H and O–H groups in total. The Bertz CT molecular complexity index is 919. The summed E-state index contributed by atoms with van der Waals surface area (Å²) in [7, 11) is -3.24. The average molecular weight is 421 g/mol. The van der Waals surface area contributed by atoms with E-state index in [2.05, 4.69) is 10.3 Å². The molecular weight excluding hydrogens is 397 g/mol. The van der Waals surface area contributed by atoms with Gasteiger partial charge in [-0.15, -0.1) is 4.73 Å². The van der Waals surface area contributed by atoms with Crippen molar-refractivity contribution in [2.45, 2.75) is 20.3 Å². The van der Waals surface area contributed by atoms with E-state index < -0.39 is 13.3 Å². The molecule has 1 aromatic heterocycles. The topological polar surface area (TPSA) is 109 Å². The Morgan fingerprint density at radius 2 is 1.86 bits per heavy atom. The number of amides is 1. The Morgan fingerprint density at radius 3 is 2.48 bits per heavy atom. The lowest BCUT2D eigenvalue weighted by Crippen LogP contribution is -2.30. The van der Waals surface area contributed by atoms with Gasteiger partial charge in [0.1, 0.15) is 12.4 Å². The van der Waals surface area contributed by atoms with E-state index in [-0.39, 0.29) is 31.5 Å². The predicted octanol–water partition coefficient (Wildman–Crippen LogP) is 3.09. The molecule has 1 amide bonds. The summed E-state index contributed by atoms with van der Waals surface area (Å²) in [6, 6.07) is 10.0. The van der Waals surface area contributed by atoms with Gasteiger partial charge >= 0.3 is 13.3 Å². The van der Waals surface area contributed by atoms with Crippen LogP contribution in [0.25, 0.3) is 0 Å². The second kappa shape index (κ2) is 11.3. The number of nitrogens with zero attached hydrogens (tertiary/aromatic N) is 2. The van der Waals surface area contributed by atoms with Crippen LogP contribution in [0.15, 0.2) is 59.3 Å². The summed E-state index contributed by atoms with van der Waals surface area (Å²) < 4.78 is 23.5. The molecule has 0 radical (unpaired) electrons. The number of benzene rings is 1. The molecule has 9 nitrogen and oxygen atoms in total. The lowest BCUT2D eigenvalue weighted by molar-refractivity contribution is 0.101. The average Bonchev–Trinajstić information content (AvgIpc) is 2.70. The molecule has 0 fully saturated rings. The molecule has 1 heterocycles. The van der Waals surface area contributed by atoms with E-state index in [1.807, 2.05) is 0 Å². The van der Waals surface area contributed by atoms with Crippen molar-refractivity contribution in [1.82, 2.24) is 9.71 Å². The van der Waals surface area contributed by atoms with Crippen molar-refractivity contribution >= 4 is 19.3 Å². The van der Waals surface area contributed by atoms with Gasteiger partial charge in [0, 0.05) is 23.9 Å². The Hall–Kier alpha value is -2.74. The number of hydrogen-bond donors (Lipinski definition) is 1. The second-order valence-electron chi connectivity index (χ2n) is 5.62. The molecule has 10 heteroatoms. The maximum Gasteiger partial charge on any atom is 0.382 e. The van der Waals surface area contributed by atoms with Crippen LogP contribution in [0.4, 0.5) is 5.82 Å². The van der Waals surface area contributed by atoms with E-state index in [4.69, 9.17) is 13.9 Å². The van der Waals surface area contributed by atoms with E-state index in [9.17, 15) is 14.2 Å². The molecule has 0 saturated carbocycles. The molecule has 0 saturated heterocycles. The van der Waals surface area contributed by atoms with Gasteiger partial charge in [0.15, 0.2) is 0 Å². The second-order valence-corrected chi connectivity index (χ2v) is 7.52. The van der Waals surface area contributed by atoms with Crippen LogP contribution in [-0.4, -0.2) is 35.4 Å². The first-order valence-corrected chi connectivity index (χ1v) is 10.7. The van der Waals surface area contributed by atoms with Crippen LogP contribution < -0.4 is 15.8 Å². The molecule has 2 aromatic rings. The number of hydrogen-bond acceptors (Lipinski definition) is 7. The summed E-state index contributed by atoms with van der Waals surface area (Å²) in [4.78, 5) is 33.2. The lowest BCUT2D eigenvalue weighted by atomic mass is 10.2. The van der Waals surface area contributed by atoms with Crippen molar-refractivity contribution in [3.63, 3.8) is 0 Å². The van der Waals surface area contributed by atoms with Gasteiger partial charge in [0.05, 0.1) is 19.4 Å². The predicted molar refractivity (Wildman–Crippen MR) is 109 cm³/mol. The van der Waals surface area contributed by atoms with Crippen LogP contribution in [0.5, 0.6) is 0 Å². The summed E-state index contributed by atoms with van der Waals surface area (Å²) in [5, 5.41) is 2.55. The quantitative estimate of drug-likeness (QED) is 0.439. The minimum atomic E-state index is -3.24. The van der Waals surface area contributed by atoms with Gasteiger partial charge in [-0.3, -0.25) is 9.36 Å². The monoisotopic (exact) mass is 421 g/mol. The smallest absolute Gasteiger partial charge is 0.382 e. The molecular formula is C19H24N3O6P. The van der Waals surface area contributed by atoms with Crippen molar-refractivity contribution in [1.29, 1.82) is 0 Å². The third-order valence-corrected chi connectivity index (χ3v) is 5.28. The largest absolute Gasteiger partial charge is 0.409 e. The van der Waals surface area contributed by atoms with Gasteiger partial charge in [0.2, 0.25) is 0 Å². The number of nitrogens with one attached hydrogen (secondary N) is 1. The molecule has 156 valence electrons. The fourth-order valence-electron chi connectivity index (χ4n) is 2.24. The Kier molecular flexibility index (Phi) is 8.79. The van der Waals surface area contributed by atoms with Crippen molar-refractivity contribution in [2.24, 2.45) is 0 Å². The van der Waals surface area contributed by atoms with Crippen LogP contribution in [-0.2, 0) is 13.6 Å². The van der Waals surface area contributed by atoms with E-state index in [0.717, 1.165) is 4.73 Å². The lowest BCUT2D eigenvalue weighted by Gasteiger charge is -2.12. The Labute approximate surface area is 168 Å². The molecule has 1 aromatic carbocycles. The highest BCUT2D eigenvalue weighted by Crippen LogP contribution is 2.49. The first-order valence-electron chi connectivity index (χ1n) is 9.13. The van der Waals surface area contributed by atoms with Crippen LogP contribution in [0, 0.1) is 0 Å². The van der Waals surface area contributed by atoms with E-state index in [1.165, 1.54) is 18.1 Å². The molecule has 0 atom stereocenters. The van der Waals surface area contributed by atoms with Gasteiger partial charge < -0.3 is 19.2 Å². The molecule has 0 spiro atoms. The third kappa shape index (κ3) is 7.30. The standard InChI is InChI=1S/C19H24N3O6P/c1-3-27-29(25,28-4-2)15-9-8-14-26-22-13-12-17(21-19(22)24)20-18(23)16-10-6-5-7-11-16/h5-7,9-13,15H,3-4,8,14H2,1-2H3,(H,20,21,23,24). The first-order chi connectivity index (χ1) is 14.0. The number of rotatable bonds is 11. The molecule has 29 heavy (non-hydrogen) atoms. The van der Waals surface area contributed by atoms with Gasteiger partial charge in [0.25, 0.3) is 5.91 Å². The number of aromatic nitrogens is 2. The van der Waals surface area contributed by atoms with Crippen LogP contribution >= 0.6 is 7.60 Å². The van der Waals surface area contributed by atoms with Crippen LogP contribution in [0.3, 0.4) is 0 Å². The zero-order valence-electron chi connectivity index (χ0n) is 16.3. The molecule has 0 unspecified atom stereocenters. The summed E-state index contributed by atoms with van der Waals surface area (Å²) >= 11 is 0. The van der Waals surface area contributed by atoms with E-state index in [0.29, 0.717) is 12.0 Å². The fraction of sp³-hybridized carbons (Fsp3) is 0.316. The SMILES string of the molecule is CCOP(=O)(C=CCCOn1ccc(NC(=O)c2ccccc2)nc1=O)OCC. The summed E-state index contributed by atoms with van der Waals surface area (Å²) in [5.41, 5.74) is -0.216. The van der Waals surface area contributed by atoms with Gasteiger partial charge in [-0.25, -0.2) is 4.79 Å². The molecule has 0 aliphatic heterocycles. The summed E-state index contributed by atoms with van der Waals surface area (Å²) in [5.74, 6) is 1.14. The Morgan fingerprint density at radius 1 is 1.17 bits per heavy atom. The number of carbonyl (C=O) groups is 1. The maximum absolute atomic E-state index is 12.3. The highest BCUT2D eigenvalue weighted by molar-refractivity contribution is 7.57. The molecule has 2 rings (SSSR count). The van der Waals surface area contributed by atoms with Gasteiger partial charge in [-0.05, 0) is 26.0 Å². The summed E-state index contributed by atoms with van der Waals surface area (Å²) in [6.07, 6.45) is 3.35. The van der Waals surface area contributed by atoms with E-state index >= 15 is 0 Å². The Balaban J connectivity index is 1.88. The van der Waals surface area contributed by atoms with Crippen LogP contribution in [0.2, 0.25) is 0 Å². The van der Waals surface area contributed by atoms with Gasteiger partial charge in [-0.1, -0.05) is 24.3 Å². The highest BCUT2D eigenvalue weighted by Gasteiger charge is 2.18. The molecule has 0 aliphatic rings. The first kappa shape index (κ1) is 22.5. The van der Waals surface area contributed by atoms with Crippen LogP contribution in [0.1, 0.15) is 30.6 Å².